The highest BCUT2D eigenvalue weighted by atomic mass is 15.0. The van der Waals surface area contributed by atoms with Gasteiger partial charge in [-0.1, -0.05) is 30.3 Å². The second kappa shape index (κ2) is 4.75. The van der Waals surface area contributed by atoms with Crippen molar-refractivity contribution in [1.29, 1.82) is 5.26 Å². The largest absolute Gasteiger partial charge is 0.371 e. The van der Waals surface area contributed by atoms with Crippen LogP contribution in [0.15, 0.2) is 30.3 Å². The maximum atomic E-state index is 9.29. The van der Waals surface area contributed by atoms with E-state index in [0.717, 1.165) is 29.2 Å². The molecule has 0 spiro atoms. The molecule has 86 valence electrons. The van der Waals surface area contributed by atoms with Gasteiger partial charge in [-0.05, 0) is 19.4 Å². The Bertz CT molecular complexity index is 547. The first kappa shape index (κ1) is 11.3. The van der Waals surface area contributed by atoms with Gasteiger partial charge in [0.25, 0.3) is 0 Å². The number of nitrogens with one attached hydrogen (secondary N) is 2. The Hall–Kier alpha value is -2.21. The third-order valence-corrected chi connectivity index (χ3v) is 2.72. The fraction of sp³-hybridized carbons (Fsp3) is 0.214. The summed E-state index contributed by atoms with van der Waals surface area (Å²) in [6.45, 7) is 4.80. The summed E-state index contributed by atoms with van der Waals surface area (Å²) < 4.78 is 0. The minimum Gasteiger partial charge on any atom is -0.371 e. The zero-order valence-electron chi connectivity index (χ0n) is 10.0. The first-order valence-corrected chi connectivity index (χ1v) is 5.69. The van der Waals surface area contributed by atoms with E-state index < -0.39 is 0 Å². The molecule has 3 heteroatoms. The van der Waals surface area contributed by atoms with Crippen molar-refractivity contribution < 1.29 is 0 Å². The van der Waals surface area contributed by atoms with Crippen molar-refractivity contribution >= 4 is 5.82 Å². The molecule has 0 amide bonds. The molecule has 0 fully saturated rings. The highest BCUT2D eigenvalue weighted by Gasteiger charge is 2.15. The van der Waals surface area contributed by atoms with Crippen molar-refractivity contribution in [2.24, 2.45) is 0 Å². The van der Waals surface area contributed by atoms with E-state index in [1.165, 1.54) is 0 Å². The summed E-state index contributed by atoms with van der Waals surface area (Å²) in [5, 5.41) is 12.5. The van der Waals surface area contributed by atoms with Gasteiger partial charge in [0.2, 0.25) is 0 Å². The third-order valence-electron chi connectivity index (χ3n) is 2.72. The molecule has 2 aromatic rings. The zero-order valence-corrected chi connectivity index (χ0v) is 10.0. The quantitative estimate of drug-likeness (QED) is 0.842. The van der Waals surface area contributed by atoms with Crippen molar-refractivity contribution in [2.45, 2.75) is 13.8 Å². The smallest absolute Gasteiger partial charge is 0.122 e. The van der Waals surface area contributed by atoms with Crippen LogP contribution in [0.2, 0.25) is 0 Å². The summed E-state index contributed by atoms with van der Waals surface area (Å²) in [6.07, 6.45) is 0. The maximum Gasteiger partial charge on any atom is 0.122 e. The Morgan fingerprint density at radius 3 is 2.59 bits per heavy atom. The van der Waals surface area contributed by atoms with Gasteiger partial charge < -0.3 is 10.3 Å². The van der Waals surface area contributed by atoms with Gasteiger partial charge in [-0.3, -0.25) is 0 Å². The van der Waals surface area contributed by atoms with Crippen molar-refractivity contribution in [3.05, 3.63) is 41.6 Å². The molecule has 0 saturated heterocycles. The molecule has 0 saturated carbocycles. The third kappa shape index (κ3) is 2.02. The summed E-state index contributed by atoms with van der Waals surface area (Å²) in [4.78, 5) is 3.23. The zero-order chi connectivity index (χ0) is 12.3. The molecule has 0 aliphatic heterocycles. The highest BCUT2D eigenvalue weighted by molar-refractivity contribution is 5.79. The van der Waals surface area contributed by atoms with Crippen LogP contribution in [-0.4, -0.2) is 11.5 Å². The lowest BCUT2D eigenvalue weighted by molar-refractivity contribution is 1.16. The van der Waals surface area contributed by atoms with Crippen LogP contribution in [0.25, 0.3) is 11.1 Å². The van der Waals surface area contributed by atoms with Gasteiger partial charge in [0.15, 0.2) is 0 Å². The molecule has 1 aromatic carbocycles. The Balaban J connectivity index is 2.58. The molecule has 0 atom stereocenters. The fourth-order valence-electron chi connectivity index (χ4n) is 2.01. The Kier molecular flexibility index (Phi) is 3.15. The van der Waals surface area contributed by atoms with Gasteiger partial charge in [-0.2, -0.15) is 5.26 Å². The second-order valence-electron chi connectivity index (χ2n) is 3.88. The highest BCUT2D eigenvalue weighted by Crippen LogP contribution is 2.31. The first-order valence-electron chi connectivity index (χ1n) is 5.69. The van der Waals surface area contributed by atoms with Crippen molar-refractivity contribution in [2.75, 3.05) is 11.9 Å². The standard InChI is InChI=1S/C14H15N3/c1-3-16-14-12(9-15)13(10(2)17-14)11-7-5-4-6-8-11/h4-8,16-17H,3H2,1-2H3. The molecule has 1 aromatic heterocycles. The van der Waals surface area contributed by atoms with E-state index in [-0.39, 0.29) is 0 Å². The Morgan fingerprint density at radius 1 is 1.29 bits per heavy atom. The molecule has 17 heavy (non-hydrogen) atoms. The summed E-state index contributed by atoms with van der Waals surface area (Å²) in [6, 6.07) is 12.3. The molecular weight excluding hydrogens is 210 g/mol. The van der Waals surface area contributed by atoms with E-state index in [0.29, 0.717) is 5.56 Å². The normalized spacial score (nSPS) is 9.94. The summed E-state index contributed by atoms with van der Waals surface area (Å²) in [5.41, 5.74) is 3.77. The Morgan fingerprint density at radius 2 is 2.00 bits per heavy atom. The minimum absolute atomic E-state index is 0.690. The van der Waals surface area contributed by atoms with Gasteiger partial charge in [0.1, 0.15) is 17.5 Å². The topological polar surface area (TPSA) is 51.6 Å². The number of H-pyrrole nitrogens is 1. The molecule has 3 nitrogen and oxygen atoms in total. The van der Waals surface area contributed by atoms with Crippen molar-refractivity contribution in [3.8, 4) is 17.2 Å². The van der Waals surface area contributed by atoms with Crippen LogP contribution in [0.4, 0.5) is 5.82 Å². The average molecular weight is 225 g/mol. The molecular formula is C14H15N3. The van der Waals surface area contributed by atoms with E-state index in [9.17, 15) is 5.26 Å². The van der Waals surface area contributed by atoms with E-state index >= 15 is 0 Å². The first-order chi connectivity index (χ1) is 8.27. The van der Waals surface area contributed by atoms with Crippen LogP contribution in [0.3, 0.4) is 0 Å². The summed E-state index contributed by atoms with van der Waals surface area (Å²) in [7, 11) is 0. The lowest BCUT2D eigenvalue weighted by atomic mass is 10.0. The lowest BCUT2D eigenvalue weighted by Crippen LogP contribution is -1.98. The molecule has 1 heterocycles. The number of hydrogen-bond donors (Lipinski definition) is 2. The number of aromatic nitrogens is 1. The van der Waals surface area contributed by atoms with Gasteiger partial charge in [-0.25, -0.2) is 0 Å². The van der Waals surface area contributed by atoms with E-state index in [1.54, 1.807) is 0 Å². The second-order valence-corrected chi connectivity index (χ2v) is 3.88. The van der Waals surface area contributed by atoms with Gasteiger partial charge in [-0.15, -0.1) is 0 Å². The number of benzene rings is 1. The number of nitrogens with zero attached hydrogens (tertiary/aromatic N) is 1. The number of aromatic amines is 1. The van der Waals surface area contributed by atoms with Gasteiger partial charge >= 0.3 is 0 Å². The molecule has 0 aliphatic carbocycles. The summed E-state index contributed by atoms with van der Waals surface area (Å²) >= 11 is 0. The lowest BCUT2D eigenvalue weighted by Gasteiger charge is -2.01. The molecule has 0 unspecified atom stereocenters. The Labute approximate surface area is 101 Å². The van der Waals surface area contributed by atoms with Crippen LogP contribution < -0.4 is 5.32 Å². The molecule has 0 radical (unpaired) electrons. The monoisotopic (exact) mass is 225 g/mol. The predicted octanol–water partition coefficient (Wildman–Crippen LogP) is 3.29. The predicted molar refractivity (Wildman–Crippen MR) is 69.8 cm³/mol. The average Bonchev–Trinajstić information content (AvgIpc) is 2.67. The van der Waals surface area contributed by atoms with Crippen LogP contribution >= 0.6 is 0 Å². The molecule has 2 rings (SSSR count). The maximum absolute atomic E-state index is 9.29. The van der Waals surface area contributed by atoms with E-state index in [1.807, 2.05) is 44.2 Å². The van der Waals surface area contributed by atoms with Crippen LogP contribution in [-0.2, 0) is 0 Å². The SMILES string of the molecule is CCNc1[nH]c(C)c(-c2ccccc2)c1C#N. The minimum atomic E-state index is 0.690. The number of aryl methyl sites for hydroxylation is 1. The molecule has 2 N–H and O–H groups in total. The van der Waals surface area contributed by atoms with E-state index in [2.05, 4.69) is 16.4 Å². The van der Waals surface area contributed by atoms with Gasteiger partial charge in [0.05, 0.1) is 0 Å². The van der Waals surface area contributed by atoms with Crippen LogP contribution in [0.1, 0.15) is 18.2 Å². The number of nitriles is 1. The van der Waals surface area contributed by atoms with Crippen molar-refractivity contribution in [1.82, 2.24) is 4.98 Å². The number of rotatable bonds is 3. The number of hydrogen-bond acceptors (Lipinski definition) is 2. The van der Waals surface area contributed by atoms with Crippen LogP contribution in [0, 0.1) is 18.3 Å². The van der Waals surface area contributed by atoms with Gasteiger partial charge in [0, 0.05) is 17.8 Å². The van der Waals surface area contributed by atoms with Crippen molar-refractivity contribution in [3.63, 3.8) is 0 Å². The number of anilines is 1. The molecule has 0 aliphatic rings. The molecule has 0 bridgehead atoms. The summed E-state index contributed by atoms with van der Waals surface area (Å²) in [5.74, 6) is 0.811. The van der Waals surface area contributed by atoms with Crippen LogP contribution in [0.5, 0.6) is 0 Å². The fourth-order valence-corrected chi connectivity index (χ4v) is 2.01. The van der Waals surface area contributed by atoms with E-state index in [4.69, 9.17) is 0 Å².